The summed E-state index contributed by atoms with van der Waals surface area (Å²) in [6, 6.07) is 0. The molecule has 0 aromatic carbocycles. The van der Waals surface area contributed by atoms with E-state index in [1.54, 1.807) is 0 Å². The monoisotopic (exact) mass is 379 g/mol. The van der Waals surface area contributed by atoms with E-state index in [1.165, 1.54) is 32.1 Å². The number of nitrogens with one attached hydrogen (secondary N) is 1. The van der Waals surface area contributed by atoms with Gasteiger partial charge >= 0.3 is 7.82 Å². The summed E-state index contributed by atoms with van der Waals surface area (Å²) in [5, 5.41) is 2.67. The normalized spacial score (nSPS) is 13.6. The van der Waals surface area contributed by atoms with Crippen LogP contribution in [0.1, 0.15) is 90.9 Å². The Kier molecular flexibility index (Phi) is 16.7. The third-order valence-corrected chi connectivity index (χ3v) is 4.96. The first kappa shape index (κ1) is 24.6. The molecule has 150 valence electrons. The Morgan fingerprint density at radius 2 is 1.36 bits per heavy atom. The largest absolute Gasteiger partial charge is 0.472 e. The predicted molar refractivity (Wildman–Crippen MR) is 101 cm³/mol. The van der Waals surface area contributed by atoms with Crippen LogP contribution in [0.4, 0.5) is 0 Å². The van der Waals surface area contributed by atoms with Crippen molar-refractivity contribution in [3.63, 3.8) is 0 Å². The number of unbranched alkanes of at least 4 members (excludes halogenated alkanes) is 9. The average molecular weight is 379 g/mol. The third-order valence-electron chi connectivity index (χ3n) is 3.94. The Balaban J connectivity index is 3.49. The highest BCUT2D eigenvalue weighted by Gasteiger charge is 2.20. The van der Waals surface area contributed by atoms with Crippen LogP contribution in [0.15, 0.2) is 0 Å². The third kappa shape index (κ3) is 18.2. The summed E-state index contributed by atoms with van der Waals surface area (Å²) >= 11 is 0. The highest BCUT2D eigenvalue weighted by atomic mass is 31.2. The molecule has 2 N–H and O–H groups in total. The molecule has 0 rings (SSSR count). The second kappa shape index (κ2) is 17.0. The van der Waals surface area contributed by atoms with Crippen molar-refractivity contribution in [3.8, 4) is 0 Å². The van der Waals surface area contributed by atoms with Gasteiger partial charge in [0.15, 0.2) is 0 Å². The molecule has 7 heteroatoms. The van der Waals surface area contributed by atoms with Crippen LogP contribution in [0.5, 0.6) is 0 Å². The van der Waals surface area contributed by atoms with Gasteiger partial charge in [0, 0.05) is 13.0 Å². The van der Waals surface area contributed by atoms with Crippen LogP contribution in [0.3, 0.4) is 0 Å². The van der Waals surface area contributed by atoms with Crippen LogP contribution >= 0.6 is 7.82 Å². The number of rotatable bonds is 18. The maximum atomic E-state index is 11.7. The lowest BCUT2D eigenvalue weighted by atomic mass is 10.1. The molecule has 0 bridgehead atoms. The summed E-state index contributed by atoms with van der Waals surface area (Å²) in [7, 11) is -4.00. The van der Waals surface area contributed by atoms with Crippen molar-refractivity contribution in [2.24, 2.45) is 0 Å². The second-order valence-corrected chi connectivity index (χ2v) is 7.87. The van der Waals surface area contributed by atoms with Gasteiger partial charge in [0.2, 0.25) is 5.91 Å². The van der Waals surface area contributed by atoms with E-state index in [-0.39, 0.29) is 25.7 Å². The number of hydrogen-bond donors (Lipinski definition) is 2. The molecule has 0 radical (unpaired) electrons. The fourth-order valence-corrected chi connectivity index (χ4v) is 3.18. The molecule has 0 aliphatic heterocycles. The van der Waals surface area contributed by atoms with Gasteiger partial charge in [-0.1, -0.05) is 71.6 Å². The van der Waals surface area contributed by atoms with Crippen molar-refractivity contribution >= 4 is 13.7 Å². The molecule has 1 amide bonds. The van der Waals surface area contributed by atoms with Crippen molar-refractivity contribution < 1.29 is 23.3 Å². The van der Waals surface area contributed by atoms with Crippen LogP contribution in [0, 0.1) is 0 Å². The maximum absolute atomic E-state index is 11.7. The van der Waals surface area contributed by atoms with Gasteiger partial charge in [-0.25, -0.2) is 4.57 Å². The molecule has 25 heavy (non-hydrogen) atoms. The van der Waals surface area contributed by atoms with Gasteiger partial charge < -0.3 is 10.2 Å². The summed E-state index contributed by atoms with van der Waals surface area (Å²) in [5.74, 6) is -0.0512. The maximum Gasteiger partial charge on any atom is 0.472 e. The highest BCUT2D eigenvalue weighted by molar-refractivity contribution is 7.47. The first-order chi connectivity index (χ1) is 12.0. The summed E-state index contributed by atoms with van der Waals surface area (Å²) in [5.41, 5.74) is 0. The standard InChI is InChI=1S/C18H38NO5P/c1-3-5-7-8-9-10-11-13-16-23-25(21,22)24-17-15-19-18(20)14-12-6-4-2/h3-17H2,1-2H3,(H,19,20)(H,21,22). The summed E-state index contributed by atoms with van der Waals surface area (Å²) in [6.45, 7) is 4.71. The zero-order valence-electron chi connectivity index (χ0n) is 16.1. The van der Waals surface area contributed by atoms with Gasteiger partial charge in [0.1, 0.15) is 0 Å². The minimum Gasteiger partial charge on any atom is -0.354 e. The quantitative estimate of drug-likeness (QED) is 0.260. The first-order valence-corrected chi connectivity index (χ1v) is 11.4. The fourth-order valence-electron chi connectivity index (χ4n) is 2.43. The smallest absolute Gasteiger partial charge is 0.354 e. The SMILES string of the molecule is CCCCCCCCCCOP(=O)(O)OCCNC(=O)CCCCC. The first-order valence-electron chi connectivity index (χ1n) is 9.90. The van der Waals surface area contributed by atoms with Crippen molar-refractivity contribution in [1.82, 2.24) is 5.32 Å². The zero-order chi connectivity index (χ0) is 18.8. The zero-order valence-corrected chi connectivity index (χ0v) is 17.0. The van der Waals surface area contributed by atoms with Crippen molar-refractivity contribution in [2.45, 2.75) is 90.9 Å². The number of phosphoric ester groups is 1. The molecule has 0 aromatic rings. The average Bonchev–Trinajstić information content (AvgIpc) is 2.57. The Hall–Kier alpha value is -0.420. The van der Waals surface area contributed by atoms with Gasteiger partial charge in [0.05, 0.1) is 13.2 Å². The minimum atomic E-state index is -4.00. The van der Waals surface area contributed by atoms with Crippen LogP contribution in [-0.2, 0) is 18.4 Å². The van der Waals surface area contributed by atoms with E-state index in [0.29, 0.717) is 6.42 Å². The molecule has 1 unspecified atom stereocenters. The van der Waals surface area contributed by atoms with E-state index >= 15 is 0 Å². The number of carbonyl (C=O) groups excluding carboxylic acids is 1. The Morgan fingerprint density at radius 3 is 2.00 bits per heavy atom. The lowest BCUT2D eigenvalue weighted by Gasteiger charge is -2.12. The lowest BCUT2D eigenvalue weighted by Crippen LogP contribution is -2.26. The Bertz CT molecular complexity index is 365. The molecule has 0 fully saturated rings. The molecule has 0 heterocycles. The Labute approximate surface area is 153 Å². The van der Waals surface area contributed by atoms with Crippen molar-refractivity contribution in [2.75, 3.05) is 19.8 Å². The van der Waals surface area contributed by atoms with Gasteiger partial charge in [-0.3, -0.25) is 13.8 Å². The number of phosphoric acid groups is 1. The van der Waals surface area contributed by atoms with E-state index in [9.17, 15) is 14.3 Å². The van der Waals surface area contributed by atoms with Gasteiger partial charge in [-0.15, -0.1) is 0 Å². The molecule has 0 spiro atoms. The summed E-state index contributed by atoms with van der Waals surface area (Å²) in [4.78, 5) is 21.0. The van der Waals surface area contributed by atoms with E-state index in [1.807, 2.05) is 0 Å². The van der Waals surface area contributed by atoms with E-state index in [0.717, 1.165) is 38.5 Å². The van der Waals surface area contributed by atoms with E-state index < -0.39 is 7.82 Å². The van der Waals surface area contributed by atoms with Crippen molar-refractivity contribution in [3.05, 3.63) is 0 Å². The van der Waals surface area contributed by atoms with Crippen molar-refractivity contribution in [1.29, 1.82) is 0 Å². The molecule has 6 nitrogen and oxygen atoms in total. The Morgan fingerprint density at radius 1 is 0.840 bits per heavy atom. The molecular weight excluding hydrogens is 341 g/mol. The minimum absolute atomic E-state index is 0.0231. The number of carbonyl (C=O) groups is 1. The van der Waals surface area contributed by atoms with Gasteiger partial charge in [-0.2, -0.15) is 0 Å². The van der Waals surface area contributed by atoms with Gasteiger partial charge in [0.25, 0.3) is 0 Å². The summed E-state index contributed by atoms with van der Waals surface area (Å²) in [6.07, 6.45) is 12.7. The molecule has 0 saturated carbocycles. The molecule has 1 atom stereocenters. The molecule has 0 aliphatic rings. The highest BCUT2D eigenvalue weighted by Crippen LogP contribution is 2.43. The molecule has 0 aliphatic carbocycles. The predicted octanol–water partition coefficient (Wildman–Crippen LogP) is 4.96. The fraction of sp³-hybridized carbons (Fsp3) is 0.944. The van der Waals surface area contributed by atoms with Crippen LogP contribution in [0.2, 0.25) is 0 Å². The number of hydrogen-bond acceptors (Lipinski definition) is 4. The molecule has 0 saturated heterocycles. The topological polar surface area (TPSA) is 84.9 Å². The van der Waals surface area contributed by atoms with Gasteiger partial charge in [-0.05, 0) is 12.8 Å². The molecular formula is C18H38NO5P. The second-order valence-electron chi connectivity index (χ2n) is 6.42. The lowest BCUT2D eigenvalue weighted by molar-refractivity contribution is -0.121. The molecule has 0 aromatic heterocycles. The van der Waals surface area contributed by atoms with Crippen LogP contribution in [-0.4, -0.2) is 30.6 Å². The number of amides is 1. The van der Waals surface area contributed by atoms with Crippen LogP contribution < -0.4 is 5.32 Å². The van der Waals surface area contributed by atoms with E-state index in [4.69, 9.17) is 9.05 Å². The summed E-state index contributed by atoms with van der Waals surface area (Å²) < 4.78 is 21.5. The van der Waals surface area contributed by atoms with Crippen LogP contribution in [0.25, 0.3) is 0 Å². The van der Waals surface area contributed by atoms with E-state index in [2.05, 4.69) is 19.2 Å².